The molecule has 0 spiro atoms. The third-order valence-corrected chi connectivity index (χ3v) is 4.00. The van der Waals surface area contributed by atoms with Crippen LogP contribution in [0.4, 0.5) is 0 Å². The fourth-order valence-electron chi connectivity index (χ4n) is 2.67. The molecule has 4 rings (SSSR count). The summed E-state index contributed by atoms with van der Waals surface area (Å²) in [5.74, 6) is 0.468. The van der Waals surface area contributed by atoms with Crippen LogP contribution in [0.25, 0.3) is 22.8 Å². The van der Waals surface area contributed by atoms with Gasteiger partial charge in [-0.15, -0.1) is 0 Å². The van der Waals surface area contributed by atoms with Crippen LogP contribution < -0.4 is 11.2 Å². The molecule has 0 fully saturated rings. The zero-order chi connectivity index (χ0) is 16.7. The van der Waals surface area contributed by atoms with Gasteiger partial charge in [-0.05, 0) is 29.7 Å². The molecule has 0 bridgehead atoms. The minimum atomic E-state index is -0.548. The van der Waals surface area contributed by atoms with E-state index < -0.39 is 11.2 Å². The smallest absolute Gasteiger partial charge is 0.328 e. The highest BCUT2D eigenvalue weighted by Gasteiger charge is 2.17. The summed E-state index contributed by atoms with van der Waals surface area (Å²) < 4.78 is 12.0. The summed E-state index contributed by atoms with van der Waals surface area (Å²) in [7, 11) is 1.54. The molecule has 3 heterocycles. The molecule has 0 amide bonds. The van der Waals surface area contributed by atoms with Gasteiger partial charge in [0, 0.05) is 18.8 Å². The van der Waals surface area contributed by atoms with Crippen molar-refractivity contribution in [3.63, 3.8) is 0 Å². The molecule has 0 saturated heterocycles. The highest BCUT2D eigenvalue weighted by atomic mass is 16.5. The van der Waals surface area contributed by atoms with E-state index in [1.165, 1.54) is 23.4 Å². The van der Waals surface area contributed by atoms with Crippen molar-refractivity contribution in [2.75, 3.05) is 6.61 Å². The molecule has 24 heavy (non-hydrogen) atoms. The fourth-order valence-corrected chi connectivity index (χ4v) is 2.67. The van der Waals surface area contributed by atoms with Gasteiger partial charge in [-0.3, -0.25) is 9.78 Å². The number of aromatic amines is 1. The lowest BCUT2D eigenvalue weighted by atomic mass is 10.0. The average Bonchev–Trinajstić information content (AvgIpc) is 3.07. The van der Waals surface area contributed by atoms with Crippen LogP contribution in [0.3, 0.4) is 0 Å². The summed E-state index contributed by atoms with van der Waals surface area (Å²) in [5, 5.41) is 3.86. The normalized spacial score (nSPS) is 13.7. The SMILES string of the molecule is Cn1cc(-c2noc(-c3ccc4c(c3)CCOC4)n2)c(=O)[nH]c1=O. The van der Waals surface area contributed by atoms with E-state index in [9.17, 15) is 9.59 Å². The maximum absolute atomic E-state index is 11.9. The molecule has 1 N–H and O–H groups in total. The minimum Gasteiger partial charge on any atom is -0.376 e. The van der Waals surface area contributed by atoms with E-state index in [2.05, 4.69) is 15.1 Å². The van der Waals surface area contributed by atoms with Gasteiger partial charge in [0.25, 0.3) is 11.4 Å². The van der Waals surface area contributed by atoms with Gasteiger partial charge in [0.15, 0.2) is 0 Å². The second-order valence-corrected chi connectivity index (χ2v) is 5.62. The summed E-state index contributed by atoms with van der Waals surface area (Å²) in [5.41, 5.74) is 2.27. The monoisotopic (exact) mass is 326 g/mol. The van der Waals surface area contributed by atoms with E-state index >= 15 is 0 Å². The number of hydrogen-bond acceptors (Lipinski definition) is 6. The molecule has 0 unspecified atom stereocenters. The number of ether oxygens (including phenoxy) is 1. The fraction of sp³-hybridized carbons (Fsp3) is 0.250. The lowest BCUT2D eigenvalue weighted by Crippen LogP contribution is -2.28. The first kappa shape index (κ1) is 14.6. The summed E-state index contributed by atoms with van der Waals surface area (Å²) >= 11 is 0. The first-order valence-electron chi connectivity index (χ1n) is 7.46. The number of nitrogens with zero attached hydrogens (tertiary/aromatic N) is 3. The van der Waals surface area contributed by atoms with Gasteiger partial charge in [-0.25, -0.2) is 4.79 Å². The van der Waals surface area contributed by atoms with Crippen molar-refractivity contribution in [1.82, 2.24) is 19.7 Å². The van der Waals surface area contributed by atoms with E-state index in [4.69, 9.17) is 9.26 Å². The average molecular weight is 326 g/mol. The highest BCUT2D eigenvalue weighted by molar-refractivity contribution is 5.60. The van der Waals surface area contributed by atoms with Crippen LogP contribution in [0.1, 0.15) is 11.1 Å². The van der Waals surface area contributed by atoms with Gasteiger partial charge in [0.05, 0.1) is 13.2 Å². The maximum Gasteiger partial charge on any atom is 0.328 e. The van der Waals surface area contributed by atoms with Gasteiger partial charge in [0.1, 0.15) is 5.56 Å². The number of rotatable bonds is 2. The van der Waals surface area contributed by atoms with E-state index in [-0.39, 0.29) is 11.4 Å². The first-order valence-corrected chi connectivity index (χ1v) is 7.46. The third-order valence-electron chi connectivity index (χ3n) is 4.00. The number of aromatic nitrogens is 4. The van der Waals surface area contributed by atoms with Crippen LogP contribution in [0.2, 0.25) is 0 Å². The summed E-state index contributed by atoms with van der Waals surface area (Å²) in [6, 6.07) is 5.86. The molecule has 8 nitrogen and oxygen atoms in total. The lowest BCUT2D eigenvalue weighted by Gasteiger charge is -2.16. The molecule has 122 valence electrons. The molecular weight excluding hydrogens is 312 g/mol. The van der Waals surface area contributed by atoms with Crippen molar-refractivity contribution in [3.8, 4) is 22.8 Å². The third kappa shape index (κ3) is 2.46. The van der Waals surface area contributed by atoms with Crippen molar-refractivity contribution in [3.05, 3.63) is 56.4 Å². The van der Waals surface area contributed by atoms with Crippen LogP contribution >= 0.6 is 0 Å². The van der Waals surface area contributed by atoms with Gasteiger partial charge < -0.3 is 13.8 Å². The summed E-state index contributed by atoms with van der Waals surface area (Å²) in [6.45, 7) is 1.30. The Balaban J connectivity index is 1.74. The van der Waals surface area contributed by atoms with Gasteiger partial charge in [0.2, 0.25) is 5.82 Å². The molecule has 2 aromatic heterocycles. The maximum atomic E-state index is 11.9. The Kier molecular flexibility index (Phi) is 3.39. The molecule has 3 aromatic rings. The zero-order valence-electron chi connectivity index (χ0n) is 12.9. The van der Waals surface area contributed by atoms with Crippen molar-refractivity contribution < 1.29 is 9.26 Å². The molecule has 0 aliphatic carbocycles. The van der Waals surface area contributed by atoms with E-state index in [1.54, 1.807) is 0 Å². The Hall–Kier alpha value is -3.00. The standard InChI is InChI=1S/C16H14N4O4/c1-20-7-12(14(21)18-16(20)22)13-17-15(24-19-13)10-2-3-11-8-23-5-4-9(11)6-10/h2-3,6-7H,4-5,8H2,1H3,(H,18,21,22). The van der Waals surface area contributed by atoms with Crippen molar-refractivity contribution in [2.24, 2.45) is 7.05 Å². The van der Waals surface area contributed by atoms with Gasteiger partial charge in [-0.2, -0.15) is 4.98 Å². The first-order chi connectivity index (χ1) is 11.6. The van der Waals surface area contributed by atoms with E-state index in [0.717, 1.165) is 17.5 Å². The van der Waals surface area contributed by atoms with Gasteiger partial charge >= 0.3 is 5.69 Å². The Morgan fingerprint density at radius 3 is 3.00 bits per heavy atom. The van der Waals surface area contributed by atoms with Crippen LogP contribution in [-0.4, -0.2) is 26.3 Å². The highest BCUT2D eigenvalue weighted by Crippen LogP contribution is 2.25. The van der Waals surface area contributed by atoms with E-state index in [1.807, 2.05) is 18.2 Å². The molecule has 0 radical (unpaired) electrons. The Labute approximate surface area is 135 Å². The quantitative estimate of drug-likeness (QED) is 0.749. The summed E-state index contributed by atoms with van der Waals surface area (Å²) in [6.07, 6.45) is 2.23. The van der Waals surface area contributed by atoms with Gasteiger partial charge in [-0.1, -0.05) is 11.2 Å². The van der Waals surface area contributed by atoms with Crippen LogP contribution in [0.15, 0.2) is 38.5 Å². The topological polar surface area (TPSA) is 103 Å². The van der Waals surface area contributed by atoms with E-state index in [0.29, 0.717) is 19.1 Å². The predicted molar refractivity (Wildman–Crippen MR) is 84.4 cm³/mol. The van der Waals surface area contributed by atoms with Crippen LogP contribution in [-0.2, 0) is 24.8 Å². The minimum absolute atomic E-state index is 0.142. The number of fused-ring (bicyclic) bond motifs is 1. The largest absolute Gasteiger partial charge is 0.376 e. The number of hydrogen-bond donors (Lipinski definition) is 1. The molecule has 1 aromatic carbocycles. The van der Waals surface area contributed by atoms with Crippen LogP contribution in [0, 0.1) is 0 Å². The van der Waals surface area contributed by atoms with Crippen molar-refractivity contribution >= 4 is 0 Å². The van der Waals surface area contributed by atoms with Crippen molar-refractivity contribution in [1.29, 1.82) is 0 Å². The Morgan fingerprint density at radius 1 is 1.25 bits per heavy atom. The molecule has 8 heteroatoms. The molecule has 1 aliphatic heterocycles. The number of benzene rings is 1. The summed E-state index contributed by atoms with van der Waals surface area (Å²) in [4.78, 5) is 29.8. The Morgan fingerprint density at radius 2 is 2.12 bits per heavy atom. The second kappa shape index (κ2) is 5.57. The predicted octanol–water partition coefficient (Wildman–Crippen LogP) is 0.863. The lowest BCUT2D eigenvalue weighted by molar-refractivity contribution is 0.111. The Bertz CT molecular complexity index is 1030. The van der Waals surface area contributed by atoms with Crippen molar-refractivity contribution in [2.45, 2.75) is 13.0 Å². The number of aryl methyl sites for hydroxylation is 1. The molecule has 0 atom stereocenters. The number of nitrogens with one attached hydrogen (secondary N) is 1. The number of H-pyrrole nitrogens is 1. The molecular formula is C16H14N4O4. The molecule has 1 aliphatic rings. The second-order valence-electron chi connectivity index (χ2n) is 5.62. The van der Waals surface area contributed by atoms with Crippen LogP contribution in [0.5, 0.6) is 0 Å². The zero-order valence-corrected chi connectivity index (χ0v) is 12.9. The molecule has 0 saturated carbocycles.